The van der Waals surface area contributed by atoms with Crippen molar-refractivity contribution in [3.8, 4) is 0 Å². The number of carbonyl (C=O) groups is 1. The standard InChI is InChI=1S/C11H11F3N2O/c12-6-3-8(14)9(4-7(6)13)16-10(17)11(5-15)1-2-11/h3-4H,1-2,5,15H2,(H,16,17). The second kappa shape index (κ2) is 4.03. The Hall–Kier alpha value is -1.56. The number of hydrogen-bond donors (Lipinski definition) is 2. The first-order valence-electron chi connectivity index (χ1n) is 5.14. The zero-order valence-electron chi connectivity index (χ0n) is 8.90. The third-order valence-electron chi connectivity index (χ3n) is 2.98. The van der Waals surface area contributed by atoms with Crippen LogP contribution in [0.15, 0.2) is 12.1 Å². The maximum absolute atomic E-state index is 13.3. The molecule has 1 saturated carbocycles. The molecule has 0 heterocycles. The normalized spacial score (nSPS) is 16.7. The average molecular weight is 244 g/mol. The van der Waals surface area contributed by atoms with E-state index in [1.54, 1.807) is 0 Å². The Morgan fingerprint density at radius 2 is 1.82 bits per heavy atom. The Balaban J connectivity index is 2.19. The van der Waals surface area contributed by atoms with Gasteiger partial charge in [0.05, 0.1) is 11.1 Å². The molecule has 6 heteroatoms. The Bertz CT molecular complexity index is 472. The highest BCUT2D eigenvalue weighted by Crippen LogP contribution is 2.45. The second-order valence-electron chi connectivity index (χ2n) is 4.18. The smallest absolute Gasteiger partial charge is 0.231 e. The van der Waals surface area contributed by atoms with E-state index < -0.39 is 28.8 Å². The summed E-state index contributed by atoms with van der Waals surface area (Å²) >= 11 is 0. The molecule has 0 unspecified atom stereocenters. The molecule has 1 fully saturated rings. The maximum Gasteiger partial charge on any atom is 0.231 e. The summed E-state index contributed by atoms with van der Waals surface area (Å²) in [4.78, 5) is 11.7. The van der Waals surface area contributed by atoms with Crippen LogP contribution in [0.25, 0.3) is 0 Å². The molecule has 0 radical (unpaired) electrons. The highest BCUT2D eigenvalue weighted by atomic mass is 19.2. The summed E-state index contributed by atoms with van der Waals surface area (Å²) in [7, 11) is 0. The van der Waals surface area contributed by atoms with Crippen molar-refractivity contribution in [3.63, 3.8) is 0 Å². The van der Waals surface area contributed by atoms with Crippen LogP contribution < -0.4 is 11.1 Å². The van der Waals surface area contributed by atoms with E-state index in [0.717, 1.165) is 0 Å². The van der Waals surface area contributed by atoms with E-state index >= 15 is 0 Å². The van der Waals surface area contributed by atoms with Gasteiger partial charge in [-0.15, -0.1) is 0 Å². The van der Waals surface area contributed by atoms with Crippen LogP contribution in [0.2, 0.25) is 0 Å². The van der Waals surface area contributed by atoms with Gasteiger partial charge in [-0.25, -0.2) is 13.2 Å². The summed E-state index contributed by atoms with van der Waals surface area (Å²) in [5, 5.41) is 2.23. The van der Waals surface area contributed by atoms with Gasteiger partial charge in [0.2, 0.25) is 5.91 Å². The molecule has 0 saturated heterocycles. The quantitative estimate of drug-likeness (QED) is 0.796. The molecule has 0 spiro atoms. The van der Waals surface area contributed by atoms with Gasteiger partial charge in [-0.2, -0.15) is 0 Å². The fourth-order valence-corrected chi connectivity index (χ4v) is 1.55. The average Bonchev–Trinajstić information content (AvgIpc) is 3.06. The van der Waals surface area contributed by atoms with Crippen molar-refractivity contribution in [2.45, 2.75) is 12.8 Å². The summed E-state index contributed by atoms with van der Waals surface area (Å²) in [6.45, 7) is 0.157. The fraction of sp³-hybridized carbons (Fsp3) is 0.364. The highest BCUT2D eigenvalue weighted by Gasteiger charge is 2.48. The first-order valence-corrected chi connectivity index (χ1v) is 5.14. The molecular weight excluding hydrogens is 233 g/mol. The lowest BCUT2D eigenvalue weighted by Crippen LogP contribution is -2.31. The first-order chi connectivity index (χ1) is 7.98. The van der Waals surface area contributed by atoms with Gasteiger partial charge in [0.25, 0.3) is 0 Å². The third-order valence-corrected chi connectivity index (χ3v) is 2.98. The minimum atomic E-state index is -1.29. The van der Waals surface area contributed by atoms with E-state index in [0.29, 0.717) is 25.0 Å². The monoisotopic (exact) mass is 244 g/mol. The third kappa shape index (κ3) is 2.12. The number of amides is 1. The minimum Gasteiger partial charge on any atom is -0.329 e. The van der Waals surface area contributed by atoms with Crippen molar-refractivity contribution in [2.24, 2.45) is 11.1 Å². The van der Waals surface area contributed by atoms with Crippen molar-refractivity contribution in [1.82, 2.24) is 0 Å². The zero-order valence-corrected chi connectivity index (χ0v) is 8.90. The van der Waals surface area contributed by atoms with Crippen LogP contribution in [-0.4, -0.2) is 12.5 Å². The van der Waals surface area contributed by atoms with Crippen molar-refractivity contribution >= 4 is 11.6 Å². The van der Waals surface area contributed by atoms with Crippen LogP contribution in [0.4, 0.5) is 18.9 Å². The van der Waals surface area contributed by atoms with Crippen molar-refractivity contribution < 1.29 is 18.0 Å². The Morgan fingerprint density at radius 1 is 1.24 bits per heavy atom. The number of hydrogen-bond acceptors (Lipinski definition) is 2. The number of benzene rings is 1. The summed E-state index contributed by atoms with van der Waals surface area (Å²) in [6, 6.07) is 1.02. The van der Waals surface area contributed by atoms with E-state index in [1.807, 2.05) is 0 Å². The molecule has 2 rings (SSSR count). The maximum atomic E-state index is 13.3. The van der Waals surface area contributed by atoms with Crippen molar-refractivity contribution in [1.29, 1.82) is 0 Å². The molecule has 1 aromatic carbocycles. The molecule has 17 heavy (non-hydrogen) atoms. The number of carbonyl (C=O) groups excluding carboxylic acids is 1. The molecule has 1 aliphatic rings. The number of anilines is 1. The van der Waals surface area contributed by atoms with Crippen LogP contribution in [0.5, 0.6) is 0 Å². The molecule has 92 valence electrons. The molecule has 3 nitrogen and oxygen atoms in total. The van der Waals surface area contributed by atoms with Crippen LogP contribution >= 0.6 is 0 Å². The van der Waals surface area contributed by atoms with Crippen molar-refractivity contribution in [2.75, 3.05) is 11.9 Å². The molecule has 1 amide bonds. The van der Waals surface area contributed by atoms with Gasteiger partial charge >= 0.3 is 0 Å². The van der Waals surface area contributed by atoms with Crippen LogP contribution in [0, 0.1) is 22.9 Å². The Morgan fingerprint density at radius 3 is 2.35 bits per heavy atom. The molecule has 3 N–H and O–H groups in total. The van der Waals surface area contributed by atoms with Crippen LogP contribution in [0.1, 0.15) is 12.8 Å². The zero-order chi connectivity index (χ0) is 12.6. The predicted octanol–water partition coefficient (Wildman–Crippen LogP) is 1.78. The van der Waals surface area contributed by atoms with E-state index in [-0.39, 0.29) is 12.2 Å². The Kier molecular flexibility index (Phi) is 2.82. The summed E-state index contributed by atoms with van der Waals surface area (Å²) in [5.41, 5.74) is 4.39. The molecule has 0 aliphatic heterocycles. The SMILES string of the molecule is NCC1(C(=O)Nc2cc(F)c(F)cc2F)CC1. The largest absolute Gasteiger partial charge is 0.329 e. The predicted molar refractivity (Wildman–Crippen MR) is 55.7 cm³/mol. The molecular formula is C11H11F3N2O. The summed E-state index contributed by atoms with van der Waals surface area (Å²) < 4.78 is 38.8. The molecule has 1 aromatic rings. The molecule has 1 aliphatic carbocycles. The van der Waals surface area contributed by atoms with Crippen LogP contribution in [0.3, 0.4) is 0 Å². The lowest BCUT2D eigenvalue weighted by atomic mass is 10.1. The number of rotatable bonds is 3. The lowest BCUT2D eigenvalue weighted by molar-refractivity contribution is -0.120. The summed E-state index contributed by atoms with van der Waals surface area (Å²) in [5.74, 6) is -3.96. The number of nitrogens with two attached hydrogens (primary N) is 1. The van der Waals surface area contributed by atoms with Crippen molar-refractivity contribution in [3.05, 3.63) is 29.6 Å². The molecule has 0 bridgehead atoms. The Labute approximate surface area is 95.8 Å². The number of nitrogens with one attached hydrogen (secondary N) is 1. The van der Waals surface area contributed by atoms with Gasteiger partial charge < -0.3 is 11.1 Å². The lowest BCUT2D eigenvalue weighted by Gasteiger charge is -2.13. The van der Waals surface area contributed by atoms with E-state index in [9.17, 15) is 18.0 Å². The first kappa shape index (κ1) is 11.9. The van der Waals surface area contributed by atoms with E-state index in [1.165, 1.54) is 0 Å². The summed E-state index contributed by atoms with van der Waals surface area (Å²) in [6.07, 6.45) is 1.25. The van der Waals surface area contributed by atoms with Gasteiger partial charge in [-0.05, 0) is 12.8 Å². The van der Waals surface area contributed by atoms with E-state index in [4.69, 9.17) is 5.73 Å². The van der Waals surface area contributed by atoms with Gasteiger partial charge in [-0.1, -0.05) is 0 Å². The van der Waals surface area contributed by atoms with Gasteiger partial charge in [-0.3, -0.25) is 4.79 Å². The van der Waals surface area contributed by atoms with E-state index in [2.05, 4.69) is 5.32 Å². The topological polar surface area (TPSA) is 55.1 Å². The minimum absolute atomic E-state index is 0.157. The number of halogens is 3. The van der Waals surface area contributed by atoms with Gasteiger partial charge in [0, 0.05) is 18.7 Å². The highest BCUT2D eigenvalue weighted by molar-refractivity contribution is 5.97. The van der Waals surface area contributed by atoms with Gasteiger partial charge in [0.15, 0.2) is 11.6 Å². The molecule has 0 atom stereocenters. The van der Waals surface area contributed by atoms with Crippen LogP contribution in [-0.2, 0) is 4.79 Å². The second-order valence-corrected chi connectivity index (χ2v) is 4.18. The fourth-order valence-electron chi connectivity index (χ4n) is 1.55. The molecule has 0 aromatic heterocycles. The van der Waals surface area contributed by atoms with Gasteiger partial charge in [0.1, 0.15) is 5.82 Å².